The third-order valence-electron chi connectivity index (χ3n) is 2.50. The summed E-state index contributed by atoms with van der Waals surface area (Å²) in [6.45, 7) is 6.83. The standard InChI is InChI=1S/C14H22N2O3/c1-5-19-9-10(2)15-12-6-7-13(16-11(3)17)14(8-12)18-4/h6-8,10,15H,5,9H2,1-4H3,(H,16,17). The molecule has 0 aliphatic heterocycles. The second kappa shape index (κ2) is 7.63. The van der Waals surface area contributed by atoms with Crippen molar-refractivity contribution < 1.29 is 14.3 Å². The zero-order chi connectivity index (χ0) is 14.3. The number of hydrogen-bond acceptors (Lipinski definition) is 4. The highest BCUT2D eigenvalue weighted by atomic mass is 16.5. The Morgan fingerprint density at radius 1 is 1.42 bits per heavy atom. The van der Waals surface area contributed by atoms with Gasteiger partial charge < -0.3 is 20.1 Å². The van der Waals surface area contributed by atoms with Crippen molar-refractivity contribution in [3.63, 3.8) is 0 Å². The zero-order valence-corrected chi connectivity index (χ0v) is 11.9. The highest BCUT2D eigenvalue weighted by molar-refractivity contribution is 5.90. The van der Waals surface area contributed by atoms with E-state index in [9.17, 15) is 4.79 Å². The maximum Gasteiger partial charge on any atom is 0.221 e. The normalized spacial score (nSPS) is 11.8. The van der Waals surface area contributed by atoms with Crippen LogP contribution in [0, 0.1) is 0 Å². The fraction of sp³-hybridized carbons (Fsp3) is 0.500. The van der Waals surface area contributed by atoms with Gasteiger partial charge in [0, 0.05) is 31.3 Å². The third kappa shape index (κ3) is 5.18. The Hall–Kier alpha value is -1.75. The van der Waals surface area contributed by atoms with E-state index in [1.807, 2.05) is 32.0 Å². The van der Waals surface area contributed by atoms with E-state index >= 15 is 0 Å². The minimum absolute atomic E-state index is 0.122. The molecule has 0 aromatic heterocycles. The first-order valence-corrected chi connectivity index (χ1v) is 6.36. The maximum absolute atomic E-state index is 11.1. The summed E-state index contributed by atoms with van der Waals surface area (Å²) in [7, 11) is 1.58. The van der Waals surface area contributed by atoms with E-state index in [1.54, 1.807) is 7.11 Å². The van der Waals surface area contributed by atoms with Crippen LogP contribution in [-0.2, 0) is 9.53 Å². The molecule has 0 radical (unpaired) electrons. The first-order chi connectivity index (χ1) is 9.06. The fourth-order valence-corrected chi connectivity index (χ4v) is 1.69. The van der Waals surface area contributed by atoms with Gasteiger partial charge in [-0.25, -0.2) is 0 Å². The third-order valence-corrected chi connectivity index (χ3v) is 2.50. The van der Waals surface area contributed by atoms with E-state index in [2.05, 4.69) is 10.6 Å². The summed E-state index contributed by atoms with van der Waals surface area (Å²) in [4.78, 5) is 11.1. The SMILES string of the molecule is CCOCC(C)Nc1ccc(NC(C)=O)c(OC)c1. The largest absolute Gasteiger partial charge is 0.494 e. The van der Waals surface area contributed by atoms with Crippen LogP contribution in [0.5, 0.6) is 5.75 Å². The summed E-state index contributed by atoms with van der Waals surface area (Å²) < 4.78 is 10.6. The van der Waals surface area contributed by atoms with Crippen molar-refractivity contribution in [1.82, 2.24) is 0 Å². The molecule has 0 saturated heterocycles. The van der Waals surface area contributed by atoms with Crippen molar-refractivity contribution in [2.45, 2.75) is 26.8 Å². The molecule has 2 N–H and O–H groups in total. The molecule has 0 fully saturated rings. The van der Waals surface area contributed by atoms with Crippen LogP contribution in [0.2, 0.25) is 0 Å². The molecule has 19 heavy (non-hydrogen) atoms. The van der Waals surface area contributed by atoms with Gasteiger partial charge in [-0.3, -0.25) is 4.79 Å². The Bertz CT molecular complexity index is 421. The number of carbonyl (C=O) groups excluding carboxylic acids is 1. The molecule has 1 aromatic carbocycles. The molecule has 5 nitrogen and oxygen atoms in total. The lowest BCUT2D eigenvalue weighted by atomic mass is 10.2. The van der Waals surface area contributed by atoms with Gasteiger partial charge in [-0.15, -0.1) is 0 Å². The lowest BCUT2D eigenvalue weighted by Crippen LogP contribution is -2.21. The molecular weight excluding hydrogens is 244 g/mol. The molecule has 0 heterocycles. The Kier molecular flexibility index (Phi) is 6.15. The number of rotatable bonds is 7. The Morgan fingerprint density at radius 2 is 2.16 bits per heavy atom. The van der Waals surface area contributed by atoms with Crippen LogP contribution in [0.4, 0.5) is 11.4 Å². The number of hydrogen-bond donors (Lipinski definition) is 2. The smallest absolute Gasteiger partial charge is 0.221 e. The number of nitrogens with one attached hydrogen (secondary N) is 2. The monoisotopic (exact) mass is 266 g/mol. The average molecular weight is 266 g/mol. The molecule has 0 bridgehead atoms. The fourth-order valence-electron chi connectivity index (χ4n) is 1.69. The minimum atomic E-state index is -0.122. The van der Waals surface area contributed by atoms with Gasteiger partial charge in [-0.1, -0.05) is 0 Å². The van der Waals surface area contributed by atoms with Crippen LogP contribution < -0.4 is 15.4 Å². The summed E-state index contributed by atoms with van der Waals surface area (Å²) in [6, 6.07) is 5.77. The predicted molar refractivity (Wildman–Crippen MR) is 76.9 cm³/mol. The lowest BCUT2D eigenvalue weighted by Gasteiger charge is -2.17. The van der Waals surface area contributed by atoms with Gasteiger partial charge in [0.25, 0.3) is 0 Å². The van der Waals surface area contributed by atoms with Crippen molar-refractivity contribution in [2.75, 3.05) is 31.0 Å². The van der Waals surface area contributed by atoms with Crippen LogP contribution in [0.1, 0.15) is 20.8 Å². The van der Waals surface area contributed by atoms with Crippen molar-refractivity contribution in [3.05, 3.63) is 18.2 Å². The van der Waals surface area contributed by atoms with Crippen LogP contribution in [0.25, 0.3) is 0 Å². The van der Waals surface area contributed by atoms with E-state index in [0.29, 0.717) is 24.7 Å². The van der Waals surface area contributed by atoms with Gasteiger partial charge in [-0.05, 0) is 26.0 Å². The highest BCUT2D eigenvalue weighted by Gasteiger charge is 2.07. The topological polar surface area (TPSA) is 59.6 Å². The zero-order valence-electron chi connectivity index (χ0n) is 11.9. The number of ether oxygens (including phenoxy) is 2. The van der Waals surface area contributed by atoms with Gasteiger partial charge >= 0.3 is 0 Å². The van der Waals surface area contributed by atoms with Crippen molar-refractivity contribution in [1.29, 1.82) is 0 Å². The quantitative estimate of drug-likeness (QED) is 0.796. The van der Waals surface area contributed by atoms with Crippen LogP contribution >= 0.6 is 0 Å². The number of benzene rings is 1. The van der Waals surface area contributed by atoms with E-state index in [0.717, 1.165) is 5.69 Å². The Balaban J connectivity index is 2.73. The van der Waals surface area contributed by atoms with Gasteiger partial charge in [0.2, 0.25) is 5.91 Å². The van der Waals surface area contributed by atoms with Crippen LogP contribution in [0.3, 0.4) is 0 Å². The van der Waals surface area contributed by atoms with Crippen LogP contribution in [0.15, 0.2) is 18.2 Å². The number of carbonyl (C=O) groups is 1. The molecule has 1 amide bonds. The number of methoxy groups -OCH3 is 1. The maximum atomic E-state index is 11.1. The molecule has 0 saturated carbocycles. The lowest BCUT2D eigenvalue weighted by molar-refractivity contribution is -0.114. The van der Waals surface area contributed by atoms with Gasteiger partial charge in [0.1, 0.15) is 5.75 Å². The minimum Gasteiger partial charge on any atom is -0.494 e. The summed E-state index contributed by atoms with van der Waals surface area (Å²) in [5.74, 6) is 0.507. The van der Waals surface area contributed by atoms with Crippen molar-refractivity contribution in [3.8, 4) is 5.75 Å². The van der Waals surface area contributed by atoms with Crippen molar-refractivity contribution in [2.24, 2.45) is 0 Å². The van der Waals surface area contributed by atoms with Crippen LogP contribution in [-0.4, -0.2) is 32.3 Å². The number of anilines is 2. The van der Waals surface area contributed by atoms with Gasteiger partial charge in [0.15, 0.2) is 0 Å². The predicted octanol–water partition coefficient (Wildman–Crippen LogP) is 2.49. The molecular formula is C14H22N2O3. The second-order valence-electron chi connectivity index (χ2n) is 4.30. The van der Waals surface area contributed by atoms with Gasteiger partial charge in [0.05, 0.1) is 19.4 Å². The highest BCUT2D eigenvalue weighted by Crippen LogP contribution is 2.28. The first kappa shape index (κ1) is 15.3. The number of amides is 1. The molecule has 1 atom stereocenters. The molecule has 0 aliphatic carbocycles. The van der Waals surface area contributed by atoms with E-state index in [-0.39, 0.29) is 11.9 Å². The van der Waals surface area contributed by atoms with Crippen molar-refractivity contribution >= 4 is 17.3 Å². The van der Waals surface area contributed by atoms with E-state index in [1.165, 1.54) is 6.92 Å². The summed E-state index contributed by atoms with van der Waals surface area (Å²) in [5.41, 5.74) is 1.59. The van der Waals surface area contributed by atoms with E-state index < -0.39 is 0 Å². The first-order valence-electron chi connectivity index (χ1n) is 6.36. The van der Waals surface area contributed by atoms with E-state index in [4.69, 9.17) is 9.47 Å². The molecule has 0 aliphatic rings. The average Bonchev–Trinajstić information content (AvgIpc) is 2.37. The Labute approximate surface area is 114 Å². The van der Waals surface area contributed by atoms with Gasteiger partial charge in [-0.2, -0.15) is 0 Å². The molecule has 0 spiro atoms. The molecule has 106 valence electrons. The summed E-state index contributed by atoms with van der Waals surface area (Å²) >= 11 is 0. The molecule has 1 rings (SSSR count). The second-order valence-corrected chi connectivity index (χ2v) is 4.30. The molecule has 1 aromatic rings. The Morgan fingerprint density at radius 3 is 2.74 bits per heavy atom. The molecule has 1 unspecified atom stereocenters. The molecule has 5 heteroatoms. The summed E-state index contributed by atoms with van der Waals surface area (Å²) in [6.07, 6.45) is 0. The summed E-state index contributed by atoms with van der Waals surface area (Å²) in [5, 5.41) is 6.04.